The molecule has 17 heavy (non-hydrogen) atoms. The van der Waals surface area contributed by atoms with Crippen LogP contribution in [-0.4, -0.2) is 34.7 Å². The fourth-order valence-corrected chi connectivity index (χ4v) is 2.27. The van der Waals surface area contributed by atoms with Gasteiger partial charge in [-0.2, -0.15) is 0 Å². The molecule has 1 aliphatic rings. The second-order valence-corrected chi connectivity index (χ2v) is 4.70. The molecular weight excluding hydrogens is 222 g/mol. The minimum absolute atomic E-state index is 0.265. The van der Waals surface area contributed by atoms with E-state index >= 15 is 0 Å². The maximum atomic E-state index is 11.6. The zero-order valence-corrected chi connectivity index (χ0v) is 10.0. The number of carboxylic acid groups (broad SMARTS) is 1. The van der Waals surface area contributed by atoms with Gasteiger partial charge >= 0.3 is 5.97 Å². The molecule has 0 unspecified atom stereocenters. The number of nitrogens with one attached hydrogen (secondary N) is 1. The Morgan fingerprint density at radius 3 is 2.24 bits per heavy atom. The number of aliphatic hydroxyl groups excluding tert-OH is 1. The van der Waals surface area contributed by atoms with Crippen molar-refractivity contribution < 1.29 is 19.8 Å². The van der Waals surface area contributed by atoms with Gasteiger partial charge in [0.2, 0.25) is 5.91 Å². The highest BCUT2D eigenvalue weighted by molar-refractivity contribution is 5.83. The first kappa shape index (κ1) is 14.0. The first-order valence-electron chi connectivity index (χ1n) is 6.26. The Morgan fingerprint density at radius 1 is 1.18 bits per heavy atom. The molecule has 1 atom stereocenters. The smallest absolute Gasteiger partial charge is 0.328 e. The van der Waals surface area contributed by atoms with Gasteiger partial charge in [-0.25, -0.2) is 4.79 Å². The minimum atomic E-state index is -1.19. The number of aliphatic hydroxyl groups is 1. The molecule has 1 rings (SSSR count). The number of rotatable bonds is 5. The summed E-state index contributed by atoms with van der Waals surface area (Å²) in [5.74, 6) is -1.09. The van der Waals surface area contributed by atoms with E-state index in [0.717, 1.165) is 25.7 Å². The van der Waals surface area contributed by atoms with Gasteiger partial charge < -0.3 is 15.5 Å². The molecule has 0 heterocycles. The zero-order chi connectivity index (χ0) is 12.7. The second-order valence-electron chi connectivity index (χ2n) is 4.70. The van der Waals surface area contributed by atoms with Crippen LogP contribution in [0.5, 0.6) is 0 Å². The van der Waals surface area contributed by atoms with E-state index in [2.05, 4.69) is 5.32 Å². The number of hydrogen-bond donors (Lipinski definition) is 3. The summed E-state index contributed by atoms with van der Waals surface area (Å²) in [6, 6.07) is -1.17. The highest BCUT2D eigenvalue weighted by atomic mass is 16.4. The van der Waals surface area contributed by atoms with E-state index in [1.807, 2.05) is 0 Å². The van der Waals surface area contributed by atoms with Crippen LogP contribution in [0.1, 0.15) is 44.9 Å². The van der Waals surface area contributed by atoms with Gasteiger partial charge in [-0.1, -0.05) is 25.7 Å². The normalized spacial score (nSPS) is 19.4. The molecule has 0 aliphatic heterocycles. The Bertz CT molecular complexity index is 259. The van der Waals surface area contributed by atoms with Crippen molar-refractivity contribution in [3.8, 4) is 0 Å². The largest absolute Gasteiger partial charge is 0.480 e. The van der Waals surface area contributed by atoms with Crippen molar-refractivity contribution in [3.63, 3.8) is 0 Å². The zero-order valence-electron chi connectivity index (χ0n) is 10.0. The Balaban J connectivity index is 2.34. The van der Waals surface area contributed by atoms with Crippen molar-refractivity contribution in [3.05, 3.63) is 0 Å². The molecule has 0 aromatic carbocycles. The first-order chi connectivity index (χ1) is 8.13. The van der Waals surface area contributed by atoms with Crippen molar-refractivity contribution in [1.82, 2.24) is 5.32 Å². The fourth-order valence-electron chi connectivity index (χ4n) is 2.27. The molecule has 5 heteroatoms. The standard InChI is InChI=1S/C12H21NO4/c14-8-10(12(16)17)13-11(15)7-9-5-3-1-2-4-6-9/h9-10,14H,1-8H2,(H,13,15)(H,16,17)/t10-/m1/s1. The van der Waals surface area contributed by atoms with Crippen molar-refractivity contribution in [2.24, 2.45) is 5.92 Å². The van der Waals surface area contributed by atoms with Crippen molar-refractivity contribution in [2.75, 3.05) is 6.61 Å². The van der Waals surface area contributed by atoms with Crippen LogP contribution in [0.15, 0.2) is 0 Å². The van der Waals surface area contributed by atoms with Gasteiger partial charge in [-0.05, 0) is 18.8 Å². The number of aliphatic carboxylic acids is 1. The Labute approximate surface area is 101 Å². The lowest BCUT2D eigenvalue weighted by molar-refractivity contribution is -0.143. The monoisotopic (exact) mass is 243 g/mol. The van der Waals surface area contributed by atoms with E-state index in [4.69, 9.17) is 10.2 Å². The fraction of sp³-hybridized carbons (Fsp3) is 0.833. The molecule has 0 aromatic rings. The lowest BCUT2D eigenvalue weighted by Crippen LogP contribution is -2.43. The topological polar surface area (TPSA) is 86.6 Å². The van der Waals surface area contributed by atoms with E-state index < -0.39 is 18.6 Å². The Kier molecular flexibility index (Phi) is 5.97. The first-order valence-corrected chi connectivity index (χ1v) is 6.26. The van der Waals surface area contributed by atoms with E-state index in [1.165, 1.54) is 12.8 Å². The van der Waals surface area contributed by atoms with Crippen LogP contribution < -0.4 is 5.32 Å². The van der Waals surface area contributed by atoms with Crippen LogP contribution in [0.25, 0.3) is 0 Å². The molecule has 0 bridgehead atoms. The molecule has 0 saturated heterocycles. The summed E-state index contributed by atoms with van der Waals surface area (Å²) >= 11 is 0. The quantitative estimate of drug-likeness (QED) is 0.626. The minimum Gasteiger partial charge on any atom is -0.480 e. The SMILES string of the molecule is O=C(CC1CCCCCC1)N[C@H](CO)C(=O)O. The predicted octanol–water partition coefficient (Wildman–Crippen LogP) is 0.909. The van der Waals surface area contributed by atoms with Gasteiger partial charge in [0.25, 0.3) is 0 Å². The molecule has 98 valence electrons. The van der Waals surface area contributed by atoms with E-state index in [-0.39, 0.29) is 5.91 Å². The number of carbonyl (C=O) groups excluding carboxylic acids is 1. The molecule has 5 nitrogen and oxygen atoms in total. The van der Waals surface area contributed by atoms with Gasteiger partial charge in [0.05, 0.1) is 6.61 Å². The third-order valence-corrected chi connectivity index (χ3v) is 3.26. The van der Waals surface area contributed by atoms with Crippen molar-refractivity contribution in [2.45, 2.75) is 51.0 Å². The van der Waals surface area contributed by atoms with E-state index in [9.17, 15) is 9.59 Å². The molecule has 0 aromatic heterocycles. The van der Waals surface area contributed by atoms with Gasteiger partial charge in [0.15, 0.2) is 0 Å². The highest BCUT2D eigenvalue weighted by Gasteiger charge is 2.21. The molecule has 1 fully saturated rings. The lowest BCUT2D eigenvalue weighted by atomic mass is 9.96. The molecule has 3 N–H and O–H groups in total. The van der Waals surface area contributed by atoms with Crippen LogP contribution in [0.3, 0.4) is 0 Å². The summed E-state index contributed by atoms with van der Waals surface area (Å²) in [7, 11) is 0. The van der Waals surface area contributed by atoms with E-state index in [0.29, 0.717) is 12.3 Å². The predicted molar refractivity (Wildman–Crippen MR) is 62.5 cm³/mol. The molecule has 0 spiro atoms. The number of carbonyl (C=O) groups is 2. The second kappa shape index (κ2) is 7.27. The van der Waals surface area contributed by atoms with Gasteiger partial charge in [0, 0.05) is 6.42 Å². The lowest BCUT2D eigenvalue weighted by Gasteiger charge is -2.16. The average molecular weight is 243 g/mol. The molecule has 1 saturated carbocycles. The summed E-state index contributed by atoms with van der Waals surface area (Å²) in [6.07, 6.45) is 7.23. The van der Waals surface area contributed by atoms with Gasteiger partial charge in [-0.3, -0.25) is 4.79 Å². The van der Waals surface area contributed by atoms with Crippen LogP contribution in [-0.2, 0) is 9.59 Å². The summed E-state index contributed by atoms with van der Waals surface area (Å²) in [5, 5.41) is 19.8. The Hall–Kier alpha value is -1.10. The maximum absolute atomic E-state index is 11.6. The maximum Gasteiger partial charge on any atom is 0.328 e. The molecule has 0 radical (unpaired) electrons. The molecular formula is C12H21NO4. The summed E-state index contributed by atoms with van der Waals surface area (Å²) in [6.45, 7) is -0.564. The summed E-state index contributed by atoms with van der Waals surface area (Å²) in [4.78, 5) is 22.3. The third-order valence-electron chi connectivity index (χ3n) is 3.26. The molecule has 1 amide bonds. The summed E-state index contributed by atoms with van der Waals surface area (Å²) < 4.78 is 0. The number of amides is 1. The summed E-state index contributed by atoms with van der Waals surface area (Å²) in [5.41, 5.74) is 0. The number of carboxylic acids is 1. The van der Waals surface area contributed by atoms with Gasteiger partial charge in [0.1, 0.15) is 6.04 Å². The Morgan fingerprint density at radius 2 is 1.76 bits per heavy atom. The van der Waals surface area contributed by atoms with Crippen LogP contribution in [0.4, 0.5) is 0 Å². The van der Waals surface area contributed by atoms with Crippen LogP contribution in [0, 0.1) is 5.92 Å². The highest BCUT2D eigenvalue weighted by Crippen LogP contribution is 2.25. The molecule has 1 aliphatic carbocycles. The van der Waals surface area contributed by atoms with Gasteiger partial charge in [-0.15, -0.1) is 0 Å². The third kappa shape index (κ3) is 5.17. The van der Waals surface area contributed by atoms with Crippen LogP contribution >= 0.6 is 0 Å². The average Bonchev–Trinajstić information content (AvgIpc) is 2.54. The van der Waals surface area contributed by atoms with Crippen molar-refractivity contribution in [1.29, 1.82) is 0 Å². The van der Waals surface area contributed by atoms with Crippen molar-refractivity contribution >= 4 is 11.9 Å². The van der Waals surface area contributed by atoms with E-state index in [1.54, 1.807) is 0 Å². The van der Waals surface area contributed by atoms with Crippen LogP contribution in [0.2, 0.25) is 0 Å². The number of hydrogen-bond acceptors (Lipinski definition) is 3.